The first-order chi connectivity index (χ1) is 32.6. The molecule has 8 aliphatic rings. The number of fused-ring (bicyclic) bond motifs is 3. The van der Waals surface area contributed by atoms with Crippen LogP contribution in [0.1, 0.15) is 141 Å². The van der Waals surface area contributed by atoms with E-state index in [-0.39, 0.29) is 75.1 Å². The Labute approximate surface area is 397 Å². The molecule has 374 valence electrons. The van der Waals surface area contributed by atoms with Crippen LogP contribution in [0.25, 0.3) is 0 Å². The zero-order valence-corrected chi connectivity index (χ0v) is 39.9. The molecular formula is C51H79N5O11. The zero-order chi connectivity index (χ0) is 47.1. The predicted octanol–water partition coefficient (Wildman–Crippen LogP) is 4.80. The molecule has 3 saturated heterocycles. The van der Waals surface area contributed by atoms with Gasteiger partial charge in [-0.3, -0.25) is 19.3 Å². The van der Waals surface area contributed by atoms with E-state index in [0.29, 0.717) is 32.1 Å². The van der Waals surface area contributed by atoms with Gasteiger partial charge in [0.1, 0.15) is 18.8 Å². The average molecular weight is 938 g/mol. The number of morpholine rings is 1. The summed E-state index contributed by atoms with van der Waals surface area (Å²) in [6, 6.07) is -3.52. The molecule has 0 aromatic carbocycles. The van der Waals surface area contributed by atoms with E-state index in [1.165, 1.54) is 12.0 Å². The maximum absolute atomic E-state index is 16.6. The van der Waals surface area contributed by atoms with Crippen molar-refractivity contribution in [2.45, 2.75) is 184 Å². The second-order valence-electron chi connectivity index (χ2n) is 21.2. The maximum Gasteiger partial charge on any atom is 0.416 e. The minimum Gasteiger partial charge on any atom is -0.459 e. The summed E-state index contributed by atoms with van der Waals surface area (Å²) in [5.74, 6) is 2.64. The van der Waals surface area contributed by atoms with Gasteiger partial charge >= 0.3 is 18.1 Å². The Kier molecular flexibility index (Phi) is 17.1. The minimum atomic E-state index is -1.66. The van der Waals surface area contributed by atoms with Crippen molar-refractivity contribution in [2.24, 2.45) is 52.6 Å². The van der Waals surface area contributed by atoms with Crippen LogP contribution >= 0.6 is 0 Å². The van der Waals surface area contributed by atoms with Crippen LogP contribution in [0, 0.1) is 58.7 Å². The van der Waals surface area contributed by atoms with E-state index in [1.54, 1.807) is 0 Å². The number of hydrogen-bond donors (Lipinski definition) is 5. The highest BCUT2D eigenvalue weighted by molar-refractivity contribution is 6.04. The lowest BCUT2D eigenvalue weighted by Gasteiger charge is -2.54. The minimum absolute atomic E-state index is 0.0191. The van der Waals surface area contributed by atoms with Crippen molar-refractivity contribution in [1.29, 1.82) is 0 Å². The van der Waals surface area contributed by atoms with Crippen molar-refractivity contribution in [3.63, 3.8) is 0 Å². The predicted molar refractivity (Wildman–Crippen MR) is 247 cm³/mol. The highest BCUT2D eigenvalue weighted by Crippen LogP contribution is 2.66. The van der Waals surface area contributed by atoms with Gasteiger partial charge in [-0.1, -0.05) is 82.5 Å². The van der Waals surface area contributed by atoms with Gasteiger partial charge in [-0.15, -0.1) is 0 Å². The number of carbonyl (C=O) groups excluding carboxylic acids is 5. The molecule has 5 saturated carbocycles. The fourth-order valence-electron chi connectivity index (χ4n) is 14.9. The van der Waals surface area contributed by atoms with Crippen molar-refractivity contribution in [1.82, 2.24) is 20.4 Å². The molecule has 6 N–H and O–H groups in total. The summed E-state index contributed by atoms with van der Waals surface area (Å²) < 4.78 is 24.6. The van der Waals surface area contributed by atoms with E-state index in [2.05, 4.69) is 27.4 Å². The number of nitrogens with two attached hydrogens (primary N) is 1. The standard InChI is InChI=1S/C51H79N5O11/c1-64-28-29-66-50(63)55-38-24-23-32(14-13-25-53-49(52)62)30-37(38)51(48(55)61)41(46(59)54-31-39(58)33-15-5-2-6-16-33)43-47(60)67-44(35-19-9-4-10-20-35)42(34-17-7-3-8-18-34)56(43)45(51)36-21-11-12-22-40(36)65-27-26-57/h32-45,57-58H,2-12,15-31H2,1H3,(H,54,59)(H3,52,53,62)/t32?,36?,37?,38?,39-,40?,41+,42+,43+,44-,45-,51?/m0/s1. The van der Waals surface area contributed by atoms with Crippen LogP contribution in [-0.4, -0.2) is 139 Å². The Morgan fingerprint density at radius 2 is 1.52 bits per heavy atom. The zero-order valence-electron chi connectivity index (χ0n) is 39.9. The van der Waals surface area contributed by atoms with Crippen LogP contribution in [-0.2, 0) is 33.3 Å². The highest BCUT2D eigenvalue weighted by Gasteiger charge is 2.80. The number of methoxy groups -OCH3 is 1. The number of nitrogens with one attached hydrogen (secondary N) is 2. The monoisotopic (exact) mass is 938 g/mol. The van der Waals surface area contributed by atoms with Crippen LogP contribution in [0.5, 0.6) is 0 Å². The lowest BCUT2D eigenvalue weighted by Crippen LogP contribution is -2.67. The number of aliphatic hydroxyl groups is 2. The Morgan fingerprint density at radius 3 is 2.21 bits per heavy atom. The normalized spacial score (nSPS) is 35.8. The second kappa shape index (κ2) is 23.0. The van der Waals surface area contributed by atoms with E-state index in [4.69, 9.17) is 24.7 Å². The number of aliphatic hydroxyl groups excluding tert-OH is 2. The third-order valence-electron chi connectivity index (χ3n) is 17.6. The van der Waals surface area contributed by atoms with E-state index in [1.807, 2.05) is 0 Å². The molecule has 16 nitrogen and oxygen atoms in total. The molecule has 5 amide bonds. The third kappa shape index (κ3) is 10.2. The second-order valence-corrected chi connectivity index (χ2v) is 21.2. The lowest BCUT2D eigenvalue weighted by atomic mass is 9.55. The number of amides is 5. The van der Waals surface area contributed by atoms with Crippen molar-refractivity contribution in [2.75, 3.05) is 46.6 Å². The first-order valence-electron chi connectivity index (χ1n) is 26.3. The molecule has 3 heterocycles. The molecule has 3 aliphatic heterocycles. The molecule has 67 heavy (non-hydrogen) atoms. The van der Waals surface area contributed by atoms with Gasteiger partial charge in [0.2, 0.25) is 11.8 Å². The number of imide groups is 1. The molecule has 0 radical (unpaired) electrons. The van der Waals surface area contributed by atoms with Crippen LogP contribution in [0.15, 0.2) is 0 Å². The van der Waals surface area contributed by atoms with Crippen LogP contribution < -0.4 is 16.4 Å². The summed E-state index contributed by atoms with van der Waals surface area (Å²) in [5.41, 5.74) is 3.72. The Bertz CT molecular complexity index is 1790. The Morgan fingerprint density at radius 1 is 0.851 bits per heavy atom. The van der Waals surface area contributed by atoms with Gasteiger partial charge in [0.25, 0.3) is 0 Å². The molecule has 0 aromatic rings. The number of rotatable bonds is 14. The van der Waals surface area contributed by atoms with Gasteiger partial charge in [-0.25, -0.2) is 14.5 Å². The number of hydrogen-bond acceptors (Lipinski definition) is 12. The number of ether oxygens (including phenoxy) is 4. The topological polar surface area (TPSA) is 219 Å². The number of urea groups is 1. The quantitative estimate of drug-likeness (QED) is 0.0902. The summed E-state index contributed by atoms with van der Waals surface area (Å²) >= 11 is 0. The van der Waals surface area contributed by atoms with Gasteiger partial charge < -0.3 is 45.5 Å². The molecule has 16 heteroatoms. The number of primary amides is 1. The first-order valence-corrected chi connectivity index (χ1v) is 26.3. The summed E-state index contributed by atoms with van der Waals surface area (Å²) in [5, 5.41) is 27.5. The fraction of sp³-hybridized carbons (Fsp3) is 0.863. The smallest absolute Gasteiger partial charge is 0.416 e. The number of nitrogens with zero attached hydrogens (tertiary/aromatic N) is 2. The highest BCUT2D eigenvalue weighted by atomic mass is 16.6. The van der Waals surface area contributed by atoms with Gasteiger partial charge in [-0.05, 0) is 94.3 Å². The van der Waals surface area contributed by atoms with Crippen LogP contribution in [0.4, 0.5) is 9.59 Å². The Hall–Kier alpha value is -3.49. The maximum atomic E-state index is 16.6. The molecule has 8 fully saturated rings. The van der Waals surface area contributed by atoms with Crippen molar-refractivity contribution >= 4 is 29.9 Å². The van der Waals surface area contributed by atoms with Crippen molar-refractivity contribution in [3.8, 4) is 11.8 Å². The summed E-state index contributed by atoms with van der Waals surface area (Å²) in [6.07, 6.45) is 16.8. The number of carbonyl (C=O) groups is 5. The van der Waals surface area contributed by atoms with Gasteiger partial charge in [-0.2, -0.15) is 0 Å². The number of esters is 1. The first kappa shape index (κ1) is 49.9. The molecule has 12 atom stereocenters. The summed E-state index contributed by atoms with van der Waals surface area (Å²) in [7, 11) is 1.51. The number of cyclic esters (lactones) is 1. The van der Waals surface area contributed by atoms with Gasteiger partial charge in [0.05, 0.1) is 55.9 Å². The molecule has 0 aromatic heterocycles. The average Bonchev–Trinajstić information content (AvgIpc) is 3.80. The molecular weight excluding hydrogens is 859 g/mol. The van der Waals surface area contributed by atoms with E-state index < -0.39 is 83.6 Å². The number of likely N-dealkylation sites (tertiary alicyclic amines) is 1. The van der Waals surface area contributed by atoms with E-state index in [9.17, 15) is 19.8 Å². The van der Waals surface area contributed by atoms with Crippen molar-refractivity contribution < 1.29 is 53.1 Å². The van der Waals surface area contributed by atoms with Crippen molar-refractivity contribution in [3.05, 3.63) is 0 Å². The molecule has 0 bridgehead atoms. The fourth-order valence-corrected chi connectivity index (χ4v) is 14.9. The lowest BCUT2D eigenvalue weighted by molar-refractivity contribution is -0.193. The van der Waals surface area contributed by atoms with E-state index >= 15 is 14.4 Å². The SMILES string of the molecule is COCCOC(=O)N1C(=O)C2(C3CC(C#CCNC(N)=O)CCC31)[C@H](C1CCCCC1OCCO)N1[C@H](C3CCCCC3)[C@H](C3CCCCC3)OC(=O)[C@H]1[C@@H]2C(=O)NC[C@H](O)C1CCCCC1. The van der Waals surface area contributed by atoms with Crippen LogP contribution in [0.2, 0.25) is 0 Å². The summed E-state index contributed by atoms with van der Waals surface area (Å²) in [6.45, 7) is -0.0307. The largest absolute Gasteiger partial charge is 0.459 e. The van der Waals surface area contributed by atoms with Crippen LogP contribution in [0.3, 0.4) is 0 Å². The van der Waals surface area contributed by atoms with Gasteiger partial charge in [0, 0.05) is 37.6 Å². The van der Waals surface area contributed by atoms with E-state index in [0.717, 1.165) is 109 Å². The Balaban J connectivity index is 1.33. The molecule has 6 unspecified atom stereocenters. The molecule has 5 aliphatic carbocycles. The molecule has 1 spiro atoms. The van der Waals surface area contributed by atoms with Gasteiger partial charge in [0.15, 0.2) is 0 Å². The molecule has 8 rings (SSSR count). The summed E-state index contributed by atoms with van der Waals surface area (Å²) in [4.78, 5) is 78.0. The third-order valence-corrected chi connectivity index (χ3v) is 17.6.